The minimum Gasteiger partial charge on any atom is -0.381 e. The Hall–Kier alpha value is -0.150. The summed E-state index contributed by atoms with van der Waals surface area (Å²) in [5.41, 5.74) is 1.23. The number of hydrogen-bond donors (Lipinski definition) is 1. The standard InChI is InChI=1S/C9H10BrNS/c10-7-1-3-8(4-2-7)11-9-5-12-6-9/h1-4,9,11H,5-6H2. The third kappa shape index (κ3) is 1.96. The fourth-order valence-corrected chi connectivity index (χ4v) is 2.00. The molecule has 1 aliphatic heterocycles. The highest BCUT2D eigenvalue weighted by molar-refractivity contribution is 9.10. The molecule has 1 aliphatic rings. The van der Waals surface area contributed by atoms with Gasteiger partial charge in [-0.25, -0.2) is 0 Å². The van der Waals surface area contributed by atoms with E-state index in [9.17, 15) is 0 Å². The Kier molecular flexibility index (Phi) is 2.61. The van der Waals surface area contributed by atoms with Crippen LogP contribution in [0.1, 0.15) is 0 Å². The molecule has 0 aromatic heterocycles. The first-order valence-electron chi connectivity index (χ1n) is 3.94. The van der Waals surface area contributed by atoms with E-state index in [0.29, 0.717) is 6.04 Å². The first-order chi connectivity index (χ1) is 5.84. The third-order valence-electron chi connectivity index (χ3n) is 1.85. The number of rotatable bonds is 2. The quantitative estimate of drug-likeness (QED) is 0.858. The predicted molar refractivity (Wildman–Crippen MR) is 58.9 cm³/mol. The molecule has 0 radical (unpaired) electrons. The van der Waals surface area contributed by atoms with Crippen molar-refractivity contribution in [2.24, 2.45) is 0 Å². The number of nitrogens with one attached hydrogen (secondary N) is 1. The average Bonchev–Trinajstić information content (AvgIpc) is 2.00. The van der Waals surface area contributed by atoms with Gasteiger partial charge in [-0.3, -0.25) is 0 Å². The summed E-state index contributed by atoms with van der Waals surface area (Å²) in [6.07, 6.45) is 0. The molecule has 3 heteroatoms. The van der Waals surface area contributed by atoms with Gasteiger partial charge in [0.1, 0.15) is 0 Å². The maximum absolute atomic E-state index is 3.46. The Labute approximate surface area is 85.1 Å². The van der Waals surface area contributed by atoms with E-state index in [2.05, 4.69) is 45.5 Å². The molecule has 1 fully saturated rings. The smallest absolute Gasteiger partial charge is 0.0442 e. The maximum atomic E-state index is 3.46. The Morgan fingerprint density at radius 2 is 1.92 bits per heavy atom. The first kappa shape index (κ1) is 8.45. The monoisotopic (exact) mass is 243 g/mol. The molecule has 0 bridgehead atoms. The fraction of sp³-hybridized carbons (Fsp3) is 0.333. The van der Waals surface area contributed by atoms with E-state index in [1.807, 2.05) is 11.8 Å². The maximum Gasteiger partial charge on any atom is 0.0442 e. The fourth-order valence-electron chi connectivity index (χ4n) is 1.10. The average molecular weight is 244 g/mol. The van der Waals surface area contributed by atoms with Crippen LogP contribution in [-0.4, -0.2) is 17.5 Å². The van der Waals surface area contributed by atoms with Crippen LogP contribution in [-0.2, 0) is 0 Å². The van der Waals surface area contributed by atoms with Crippen molar-refractivity contribution < 1.29 is 0 Å². The van der Waals surface area contributed by atoms with Gasteiger partial charge < -0.3 is 5.32 Å². The second-order valence-corrected chi connectivity index (χ2v) is 4.88. The van der Waals surface area contributed by atoms with Gasteiger partial charge in [0.15, 0.2) is 0 Å². The zero-order chi connectivity index (χ0) is 8.39. The van der Waals surface area contributed by atoms with Crippen molar-refractivity contribution in [2.45, 2.75) is 6.04 Å². The molecule has 0 unspecified atom stereocenters. The minimum absolute atomic E-state index is 0.691. The van der Waals surface area contributed by atoms with E-state index in [-0.39, 0.29) is 0 Å². The lowest BCUT2D eigenvalue weighted by molar-refractivity contribution is 0.882. The van der Waals surface area contributed by atoms with Crippen LogP contribution >= 0.6 is 27.7 Å². The molecule has 1 nitrogen and oxygen atoms in total. The van der Waals surface area contributed by atoms with Gasteiger partial charge in [-0.15, -0.1) is 0 Å². The van der Waals surface area contributed by atoms with Crippen molar-refractivity contribution in [3.05, 3.63) is 28.7 Å². The van der Waals surface area contributed by atoms with Crippen molar-refractivity contribution in [1.82, 2.24) is 0 Å². The molecule has 0 amide bonds. The summed E-state index contributed by atoms with van der Waals surface area (Å²) in [7, 11) is 0. The molecule has 1 saturated heterocycles. The molecule has 1 N–H and O–H groups in total. The molecule has 0 aliphatic carbocycles. The summed E-state index contributed by atoms with van der Waals surface area (Å²) in [6, 6.07) is 9.03. The molecular formula is C9H10BrNS. The van der Waals surface area contributed by atoms with Gasteiger partial charge in [-0.05, 0) is 24.3 Å². The van der Waals surface area contributed by atoms with Gasteiger partial charge >= 0.3 is 0 Å². The molecule has 0 spiro atoms. The molecule has 0 saturated carbocycles. The zero-order valence-electron chi connectivity index (χ0n) is 6.59. The normalized spacial score (nSPS) is 17.1. The van der Waals surface area contributed by atoms with E-state index in [0.717, 1.165) is 4.47 Å². The van der Waals surface area contributed by atoms with Crippen LogP contribution in [0.5, 0.6) is 0 Å². The van der Waals surface area contributed by atoms with Crippen LogP contribution in [0.15, 0.2) is 28.7 Å². The highest BCUT2D eigenvalue weighted by Crippen LogP contribution is 2.22. The summed E-state index contributed by atoms with van der Waals surface area (Å²) >= 11 is 5.41. The Balaban J connectivity index is 1.98. The molecule has 12 heavy (non-hydrogen) atoms. The second-order valence-electron chi connectivity index (χ2n) is 2.89. The molecule has 1 aromatic rings. The topological polar surface area (TPSA) is 12.0 Å². The van der Waals surface area contributed by atoms with Crippen molar-refractivity contribution in [3.63, 3.8) is 0 Å². The largest absolute Gasteiger partial charge is 0.381 e. The van der Waals surface area contributed by atoms with Crippen LogP contribution in [0.2, 0.25) is 0 Å². The third-order valence-corrected chi connectivity index (χ3v) is 3.66. The molecule has 64 valence electrons. The van der Waals surface area contributed by atoms with E-state index < -0.39 is 0 Å². The van der Waals surface area contributed by atoms with Crippen molar-refractivity contribution >= 4 is 33.4 Å². The SMILES string of the molecule is Brc1ccc(NC2CSC2)cc1. The Bertz CT molecular complexity index is 256. The van der Waals surface area contributed by atoms with Crippen LogP contribution in [0, 0.1) is 0 Å². The lowest BCUT2D eigenvalue weighted by Crippen LogP contribution is -2.33. The van der Waals surface area contributed by atoms with Gasteiger partial charge in [-0.2, -0.15) is 11.8 Å². The summed E-state index contributed by atoms with van der Waals surface area (Å²) in [4.78, 5) is 0. The van der Waals surface area contributed by atoms with E-state index in [4.69, 9.17) is 0 Å². The Morgan fingerprint density at radius 3 is 2.42 bits per heavy atom. The van der Waals surface area contributed by atoms with Crippen molar-refractivity contribution in [3.8, 4) is 0 Å². The number of thioether (sulfide) groups is 1. The zero-order valence-corrected chi connectivity index (χ0v) is 8.99. The van der Waals surface area contributed by atoms with E-state index in [1.165, 1.54) is 17.2 Å². The molecule has 0 atom stereocenters. The number of hydrogen-bond acceptors (Lipinski definition) is 2. The number of halogens is 1. The van der Waals surface area contributed by atoms with Gasteiger partial charge in [0, 0.05) is 27.7 Å². The van der Waals surface area contributed by atoms with Crippen molar-refractivity contribution in [1.29, 1.82) is 0 Å². The highest BCUT2D eigenvalue weighted by atomic mass is 79.9. The molecule has 2 rings (SSSR count). The highest BCUT2D eigenvalue weighted by Gasteiger charge is 2.16. The van der Waals surface area contributed by atoms with Crippen LogP contribution in [0.3, 0.4) is 0 Å². The predicted octanol–water partition coefficient (Wildman–Crippen LogP) is 2.98. The van der Waals surface area contributed by atoms with Crippen LogP contribution in [0.25, 0.3) is 0 Å². The molecular weight excluding hydrogens is 234 g/mol. The lowest BCUT2D eigenvalue weighted by atomic mass is 10.3. The minimum atomic E-state index is 0.691. The first-order valence-corrected chi connectivity index (χ1v) is 5.89. The molecule has 1 aromatic carbocycles. The lowest BCUT2D eigenvalue weighted by Gasteiger charge is -2.26. The second kappa shape index (κ2) is 3.71. The summed E-state index contributed by atoms with van der Waals surface area (Å²) in [6.45, 7) is 0. The number of anilines is 1. The van der Waals surface area contributed by atoms with Crippen LogP contribution in [0.4, 0.5) is 5.69 Å². The Morgan fingerprint density at radius 1 is 1.25 bits per heavy atom. The summed E-state index contributed by atoms with van der Waals surface area (Å²) < 4.78 is 1.14. The van der Waals surface area contributed by atoms with Crippen molar-refractivity contribution in [2.75, 3.05) is 16.8 Å². The molecule has 1 heterocycles. The van der Waals surface area contributed by atoms with Gasteiger partial charge in [0.25, 0.3) is 0 Å². The summed E-state index contributed by atoms with van der Waals surface area (Å²) in [5.74, 6) is 2.49. The van der Waals surface area contributed by atoms with E-state index >= 15 is 0 Å². The van der Waals surface area contributed by atoms with E-state index in [1.54, 1.807) is 0 Å². The summed E-state index contributed by atoms with van der Waals surface area (Å²) in [5, 5.41) is 3.46. The van der Waals surface area contributed by atoms with Gasteiger partial charge in [-0.1, -0.05) is 15.9 Å². The number of benzene rings is 1. The van der Waals surface area contributed by atoms with Crippen LogP contribution < -0.4 is 5.32 Å². The van der Waals surface area contributed by atoms with Gasteiger partial charge in [0.2, 0.25) is 0 Å². The van der Waals surface area contributed by atoms with Gasteiger partial charge in [0.05, 0.1) is 0 Å².